The third-order valence-corrected chi connectivity index (χ3v) is 9.40. The van der Waals surface area contributed by atoms with Crippen LogP contribution in [0.5, 0.6) is 0 Å². The lowest BCUT2D eigenvalue weighted by atomic mass is 10.00. The molecule has 0 aliphatic carbocycles. The van der Waals surface area contributed by atoms with Gasteiger partial charge in [0.2, 0.25) is 0 Å². The summed E-state index contributed by atoms with van der Waals surface area (Å²) < 4.78 is 13.8. The van der Waals surface area contributed by atoms with Gasteiger partial charge in [-0.3, -0.25) is 19.5 Å². The third kappa shape index (κ3) is 8.50. The summed E-state index contributed by atoms with van der Waals surface area (Å²) in [5.74, 6) is 0.00743. The van der Waals surface area contributed by atoms with E-state index in [0.717, 1.165) is 103 Å². The van der Waals surface area contributed by atoms with Crippen LogP contribution in [-0.2, 0) is 0 Å². The molecule has 3 fully saturated rings. The van der Waals surface area contributed by atoms with Crippen LogP contribution in [0.2, 0.25) is 0 Å². The molecule has 228 valence electrons. The average Bonchev–Trinajstić information content (AvgIpc) is 3.54. The van der Waals surface area contributed by atoms with E-state index < -0.39 is 0 Å². The number of allylic oxidation sites excluding steroid dienone is 1. The number of carbonyl (C=O) groups excluding carboxylic acids is 1. The Morgan fingerprint density at radius 3 is 2.05 bits per heavy atom. The minimum Gasteiger partial charge on any atom is -0.377 e. The number of hydrogen-bond acceptors (Lipinski definition) is 6. The van der Waals surface area contributed by atoms with E-state index in [1.54, 1.807) is 12.1 Å². The molecule has 3 aliphatic heterocycles. The maximum atomic E-state index is 13.8. The second kappa shape index (κ2) is 15.2. The lowest BCUT2D eigenvalue weighted by Gasteiger charge is -2.43. The largest absolute Gasteiger partial charge is 0.377 e. The van der Waals surface area contributed by atoms with Crippen LogP contribution in [-0.4, -0.2) is 115 Å². The smallest absolute Gasteiger partial charge is 0.190 e. The number of nitrogens with zero attached hydrogens (tertiary/aromatic N) is 5. The molecule has 0 amide bonds. The lowest BCUT2D eigenvalue weighted by molar-refractivity contribution is 0.0480. The standard InChI is InChI=1S/C35H50FN5O/c1-29(2)40-23-25-41(26-24-40)34(30-12-14-33(36)15-13-30)28-39-21-19-37(20-22-39)18-8-11-32(27-38-16-6-7-17-38)35(42)31-9-4-3-5-10-31/h3-5,9-10,12-15,27,29,34H,6-8,11,16-26,28H2,1-2H3. The highest BCUT2D eigenvalue weighted by molar-refractivity contribution is 6.08. The molecular weight excluding hydrogens is 525 g/mol. The lowest BCUT2D eigenvalue weighted by Crippen LogP contribution is -2.53. The average molecular weight is 576 g/mol. The van der Waals surface area contributed by atoms with E-state index in [1.165, 1.54) is 18.4 Å². The Labute approximate surface area is 252 Å². The Kier molecular flexibility index (Phi) is 11.2. The summed E-state index contributed by atoms with van der Waals surface area (Å²) >= 11 is 0. The Hall–Kier alpha value is -2.58. The van der Waals surface area contributed by atoms with E-state index in [9.17, 15) is 9.18 Å². The van der Waals surface area contributed by atoms with Gasteiger partial charge in [-0.15, -0.1) is 0 Å². The monoisotopic (exact) mass is 575 g/mol. The number of likely N-dealkylation sites (tertiary alicyclic amines) is 1. The van der Waals surface area contributed by atoms with Crippen molar-refractivity contribution in [3.8, 4) is 0 Å². The summed E-state index contributed by atoms with van der Waals surface area (Å²) in [7, 11) is 0. The first-order valence-corrected chi connectivity index (χ1v) is 16.2. The number of ketones is 1. The number of Topliss-reactive ketones (excluding diaryl/α,β-unsaturated/α-hetero) is 1. The van der Waals surface area contributed by atoms with Crippen LogP contribution >= 0.6 is 0 Å². The quantitative estimate of drug-likeness (QED) is 0.257. The van der Waals surface area contributed by atoms with Crippen molar-refractivity contribution in [1.82, 2.24) is 24.5 Å². The predicted molar refractivity (Wildman–Crippen MR) is 169 cm³/mol. The van der Waals surface area contributed by atoms with Gasteiger partial charge in [-0.2, -0.15) is 0 Å². The molecule has 0 spiro atoms. The van der Waals surface area contributed by atoms with Crippen LogP contribution in [0, 0.1) is 5.82 Å². The van der Waals surface area contributed by atoms with Crippen molar-refractivity contribution in [2.75, 3.05) is 78.5 Å². The fourth-order valence-corrected chi connectivity index (χ4v) is 6.72. The predicted octanol–water partition coefficient (Wildman–Crippen LogP) is 5.15. The van der Waals surface area contributed by atoms with Crippen molar-refractivity contribution in [3.63, 3.8) is 0 Å². The molecule has 42 heavy (non-hydrogen) atoms. The maximum Gasteiger partial charge on any atom is 0.190 e. The number of carbonyl (C=O) groups is 1. The van der Waals surface area contributed by atoms with Gasteiger partial charge < -0.3 is 9.80 Å². The normalized spacial score (nSPS) is 20.9. The number of benzene rings is 2. The Morgan fingerprint density at radius 1 is 0.786 bits per heavy atom. The van der Waals surface area contributed by atoms with Gasteiger partial charge in [-0.1, -0.05) is 42.5 Å². The van der Waals surface area contributed by atoms with Crippen molar-refractivity contribution < 1.29 is 9.18 Å². The highest BCUT2D eigenvalue weighted by Crippen LogP contribution is 2.25. The Bertz CT molecular complexity index is 1130. The summed E-state index contributed by atoms with van der Waals surface area (Å²) in [5.41, 5.74) is 2.96. The molecule has 1 unspecified atom stereocenters. The first-order valence-electron chi connectivity index (χ1n) is 16.2. The van der Waals surface area contributed by atoms with Gasteiger partial charge in [0.15, 0.2) is 5.78 Å². The van der Waals surface area contributed by atoms with Gasteiger partial charge >= 0.3 is 0 Å². The Balaban J connectivity index is 1.13. The molecule has 0 radical (unpaired) electrons. The number of piperazine rings is 2. The molecular formula is C35H50FN5O. The highest BCUT2D eigenvalue weighted by atomic mass is 19.1. The van der Waals surface area contributed by atoms with E-state index >= 15 is 0 Å². The minimum atomic E-state index is -0.167. The zero-order valence-electron chi connectivity index (χ0n) is 25.8. The molecule has 1 atom stereocenters. The van der Waals surface area contributed by atoms with Crippen LogP contribution in [0.15, 0.2) is 66.4 Å². The van der Waals surface area contributed by atoms with Crippen LogP contribution in [0.3, 0.4) is 0 Å². The third-order valence-electron chi connectivity index (χ3n) is 9.40. The first-order chi connectivity index (χ1) is 20.5. The van der Waals surface area contributed by atoms with E-state index in [-0.39, 0.29) is 17.6 Å². The van der Waals surface area contributed by atoms with Crippen LogP contribution in [0.1, 0.15) is 61.5 Å². The molecule has 5 rings (SSSR count). The molecule has 3 heterocycles. The fraction of sp³-hybridized carbons (Fsp3) is 0.571. The molecule has 0 N–H and O–H groups in total. The molecule has 0 bridgehead atoms. The van der Waals surface area contributed by atoms with Crippen molar-refractivity contribution >= 4 is 5.78 Å². The number of rotatable bonds is 12. The molecule has 2 aromatic rings. The summed E-state index contributed by atoms with van der Waals surface area (Å²) in [5, 5.41) is 0. The minimum absolute atomic E-state index is 0.167. The SMILES string of the molecule is CC(C)N1CCN(C(CN2CCN(CCCC(=CN3CCCC3)C(=O)c3ccccc3)CC2)c2ccc(F)cc2)CC1. The first kappa shape index (κ1) is 30.9. The fourth-order valence-electron chi connectivity index (χ4n) is 6.72. The summed E-state index contributed by atoms with van der Waals surface area (Å²) in [4.78, 5) is 26.0. The van der Waals surface area contributed by atoms with Gasteiger partial charge in [0.25, 0.3) is 0 Å². The topological polar surface area (TPSA) is 33.3 Å². The van der Waals surface area contributed by atoms with Crippen LogP contribution in [0.25, 0.3) is 0 Å². The van der Waals surface area contributed by atoms with Gasteiger partial charge in [-0.05, 0) is 63.8 Å². The zero-order chi connectivity index (χ0) is 29.3. The van der Waals surface area contributed by atoms with Crippen molar-refractivity contribution in [2.45, 2.75) is 51.6 Å². The summed E-state index contributed by atoms with van der Waals surface area (Å²) in [6, 6.07) is 17.8. The van der Waals surface area contributed by atoms with Gasteiger partial charge in [0, 0.05) is 101 Å². The van der Waals surface area contributed by atoms with E-state index in [2.05, 4.69) is 44.5 Å². The number of halogens is 1. The summed E-state index contributed by atoms with van der Waals surface area (Å²) in [6.45, 7) is 17.1. The summed E-state index contributed by atoms with van der Waals surface area (Å²) in [6.07, 6.45) is 6.39. The highest BCUT2D eigenvalue weighted by Gasteiger charge is 2.29. The van der Waals surface area contributed by atoms with Crippen molar-refractivity contribution in [2.24, 2.45) is 0 Å². The number of hydrogen-bond donors (Lipinski definition) is 0. The van der Waals surface area contributed by atoms with Gasteiger partial charge in [0.1, 0.15) is 5.82 Å². The second-order valence-electron chi connectivity index (χ2n) is 12.6. The molecule has 7 heteroatoms. The van der Waals surface area contributed by atoms with Crippen molar-refractivity contribution in [3.05, 3.63) is 83.3 Å². The molecule has 6 nitrogen and oxygen atoms in total. The Morgan fingerprint density at radius 2 is 1.40 bits per heavy atom. The second-order valence-corrected chi connectivity index (χ2v) is 12.6. The zero-order valence-corrected chi connectivity index (χ0v) is 25.8. The molecule has 0 saturated carbocycles. The van der Waals surface area contributed by atoms with Crippen molar-refractivity contribution in [1.29, 1.82) is 0 Å². The molecule has 3 aliphatic rings. The van der Waals surface area contributed by atoms with Crippen LogP contribution in [0.4, 0.5) is 4.39 Å². The van der Waals surface area contributed by atoms with E-state index in [1.807, 2.05) is 42.5 Å². The van der Waals surface area contributed by atoms with Crippen LogP contribution < -0.4 is 0 Å². The van der Waals surface area contributed by atoms with E-state index in [0.29, 0.717) is 6.04 Å². The molecule has 3 saturated heterocycles. The maximum absolute atomic E-state index is 13.8. The molecule has 2 aromatic carbocycles. The molecule has 0 aromatic heterocycles. The van der Waals surface area contributed by atoms with E-state index in [4.69, 9.17) is 0 Å². The van der Waals surface area contributed by atoms with Gasteiger partial charge in [-0.25, -0.2) is 4.39 Å². The van der Waals surface area contributed by atoms with Gasteiger partial charge in [0.05, 0.1) is 0 Å².